The van der Waals surface area contributed by atoms with Crippen LogP contribution in [-0.2, 0) is 0 Å². The number of rotatable bonds is 9. The van der Waals surface area contributed by atoms with Crippen molar-refractivity contribution in [3.8, 4) is 0 Å². The van der Waals surface area contributed by atoms with Crippen molar-refractivity contribution in [2.24, 2.45) is 0 Å². The molecule has 0 saturated carbocycles. The third-order valence-corrected chi connectivity index (χ3v) is 7.90. The maximum Gasteiger partial charge on any atom is 0.361 e. The molecule has 6 nitrogen and oxygen atoms in total. The first-order valence-corrected chi connectivity index (χ1v) is 12.9. The van der Waals surface area contributed by atoms with Crippen molar-refractivity contribution >= 4 is 42.0 Å². The molecule has 0 aromatic heterocycles. The van der Waals surface area contributed by atoms with Crippen LogP contribution in [0.2, 0.25) is 32.1 Å². The Morgan fingerprint density at radius 3 is 1.10 bits per heavy atom. The predicted molar refractivity (Wildman–Crippen MR) is 141 cm³/mol. The third kappa shape index (κ3) is 4.47. The Bertz CT molecular complexity index is 438. The van der Waals surface area contributed by atoms with Crippen molar-refractivity contribution in [3.63, 3.8) is 0 Å². The van der Waals surface area contributed by atoms with Gasteiger partial charge in [0.25, 0.3) is 34.9 Å². The van der Waals surface area contributed by atoms with Crippen molar-refractivity contribution in [2.45, 2.75) is 87.5 Å². The minimum absolute atomic E-state index is 0.344. The first-order valence-electron chi connectivity index (χ1n) is 12.9. The molecule has 2 aliphatic heterocycles. The predicted octanol–water partition coefficient (Wildman–Crippen LogP) is 2.67. The van der Waals surface area contributed by atoms with Gasteiger partial charge in [0.15, 0.2) is 0 Å². The van der Waals surface area contributed by atoms with Gasteiger partial charge in [-0.2, -0.15) is 0 Å². The van der Waals surface area contributed by atoms with Crippen molar-refractivity contribution in [3.05, 3.63) is 0 Å². The zero-order chi connectivity index (χ0) is 22.6. The highest BCUT2D eigenvalue weighted by atomic mass is 15.4. The number of nitrogens with zero attached hydrogens (tertiary/aromatic N) is 6. The topological polar surface area (TPSA) is 19.4 Å². The van der Waals surface area contributed by atoms with Crippen LogP contribution in [0.5, 0.6) is 0 Å². The molecular weight excluding hydrogens is 365 g/mol. The maximum atomic E-state index is 2.90. The van der Waals surface area contributed by atoms with Gasteiger partial charge in [-0.1, -0.05) is 62.2 Å². The van der Waals surface area contributed by atoms with Crippen LogP contribution in [0.1, 0.15) is 55.4 Å². The molecule has 0 amide bonds. The van der Waals surface area contributed by atoms with E-state index < -0.39 is 0 Å². The zero-order valence-electron chi connectivity index (χ0n) is 21.8. The summed E-state index contributed by atoms with van der Waals surface area (Å²) in [6.07, 6.45) is 4.67. The standard InChI is InChI=1S/C18H46B6N6/c1-11-20-25(10)21(12-2)29(18-8)24(28(20)17-7)30-22(13-3)26(15-5)19(9)27(16-6)23(30)14-4/h11-18H2,1-10H3. The lowest BCUT2D eigenvalue weighted by Gasteiger charge is -2.62. The van der Waals surface area contributed by atoms with Crippen LogP contribution in [-0.4, -0.2) is 103 Å². The van der Waals surface area contributed by atoms with Crippen LogP contribution in [0.3, 0.4) is 0 Å². The van der Waals surface area contributed by atoms with Gasteiger partial charge in [-0.25, -0.2) is 0 Å². The van der Waals surface area contributed by atoms with Gasteiger partial charge in [0.05, 0.1) is 0 Å². The molecule has 12 heteroatoms. The molecule has 2 aliphatic rings. The van der Waals surface area contributed by atoms with Crippen LogP contribution < -0.4 is 0 Å². The van der Waals surface area contributed by atoms with E-state index in [4.69, 9.17) is 0 Å². The van der Waals surface area contributed by atoms with E-state index in [1.54, 1.807) is 0 Å². The van der Waals surface area contributed by atoms with Gasteiger partial charge in [0, 0.05) is 0 Å². The molecule has 0 radical (unpaired) electrons. The quantitative estimate of drug-likeness (QED) is 0.540. The molecule has 2 saturated heterocycles. The van der Waals surface area contributed by atoms with E-state index in [1.165, 1.54) is 25.3 Å². The Morgan fingerprint density at radius 2 is 0.833 bits per heavy atom. The van der Waals surface area contributed by atoms with Crippen LogP contribution in [0.15, 0.2) is 0 Å². The Hall–Kier alpha value is 0.150. The SMILES string of the molecule is CCB1N(C)B(CC)N(CC)B(N2B(CC)N(CC)B(C)N(CC)B2CC)N1CC. The molecule has 0 aliphatic carbocycles. The van der Waals surface area contributed by atoms with Gasteiger partial charge in [-0.15, -0.1) is 0 Å². The van der Waals surface area contributed by atoms with Crippen molar-refractivity contribution in [2.75, 3.05) is 33.2 Å². The van der Waals surface area contributed by atoms with E-state index in [0.717, 1.165) is 26.2 Å². The van der Waals surface area contributed by atoms with Crippen LogP contribution in [0.25, 0.3) is 0 Å². The molecule has 0 aromatic rings. The fraction of sp³-hybridized carbons (Fsp3) is 1.00. The fourth-order valence-electron chi connectivity index (χ4n) is 6.68. The van der Waals surface area contributed by atoms with E-state index in [0.29, 0.717) is 42.0 Å². The summed E-state index contributed by atoms with van der Waals surface area (Å²) in [6, 6.07) is 0. The minimum atomic E-state index is 0.344. The molecule has 0 bridgehead atoms. The second kappa shape index (κ2) is 11.9. The second-order valence-electron chi connectivity index (χ2n) is 8.97. The average Bonchev–Trinajstić information content (AvgIpc) is 2.76. The lowest BCUT2D eigenvalue weighted by atomic mass is 9.34. The molecule has 2 fully saturated rings. The molecular formula is C18H46B6N6. The first kappa shape index (κ1) is 26.4. The lowest BCUT2D eigenvalue weighted by Crippen LogP contribution is -2.88. The molecule has 0 unspecified atom stereocenters. The average molecular weight is 411 g/mol. The summed E-state index contributed by atoms with van der Waals surface area (Å²) in [7, 11) is 2.68. The fourth-order valence-corrected chi connectivity index (χ4v) is 6.68. The number of hydrogen-bond donors (Lipinski definition) is 0. The highest BCUT2D eigenvalue weighted by Gasteiger charge is 2.58. The highest BCUT2D eigenvalue weighted by molar-refractivity contribution is 6.97. The van der Waals surface area contributed by atoms with E-state index in [-0.39, 0.29) is 0 Å². The van der Waals surface area contributed by atoms with Gasteiger partial charge in [-0.3, -0.25) is 0 Å². The monoisotopic (exact) mass is 412 g/mol. The number of hydrogen-bond acceptors (Lipinski definition) is 6. The van der Waals surface area contributed by atoms with Crippen molar-refractivity contribution in [1.29, 1.82) is 0 Å². The Balaban J connectivity index is 2.63. The summed E-state index contributed by atoms with van der Waals surface area (Å²) < 4.78 is 16.6. The Labute approximate surface area is 191 Å². The van der Waals surface area contributed by atoms with E-state index in [2.05, 4.69) is 97.5 Å². The molecule has 2 heterocycles. The van der Waals surface area contributed by atoms with E-state index in [9.17, 15) is 0 Å². The van der Waals surface area contributed by atoms with Gasteiger partial charge in [0.1, 0.15) is 0 Å². The van der Waals surface area contributed by atoms with Gasteiger partial charge in [-0.05, 0) is 58.5 Å². The Kier molecular flexibility index (Phi) is 10.4. The third-order valence-electron chi connectivity index (χ3n) is 7.90. The van der Waals surface area contributed by atoms with Gasteiger partial charge >= 0.3 is 7.12 Å². The van der Waals surface area contributed by atoms with Crippen LogP contribution in [0, 0.1) is 0 Å². The molecule has 0 aromatic carbocycles. The van der Waals surface area contributed by atoms with Gasteiger partial charge < -0.3 is 28.2 Å². The zero-order valence-corrected chi connectivity index (χ0v) is 21.8. The second-order valence-corrected chi connectivity index (χ2v) is 8.97. The summed E-state index contributed by atoms with van der Waals surface area (Å²) in [4.78, 5) is 0. The summed E-state index contributed by atoms with van der Waals surface area (Å²) >= 11 is 0. The maximum absolute atomic E-state index is 2.90. The summed E-state index contributed by atoms with van der Waals surface area (Å²) in [6.45, 7) is 28.1. The molecule has 166 valence electrons. The van der Waals surface area contributed by atoms with Gasteiger partial charge in [0.2, 0.25) is 0 Å². The van der Waals surface area contributed by atoms with Crippen molar-refractivity contribution < 1.29 is 0 Å². The molecule has 2 rings (SSSR count). The molecule has 0 N–H and O–H groups in total. The van der Waals surface area contributed by atoms with Crippen LogP contribution >= 0.6 is 0 Å². The van der Waals surface area contributed by atoms with Crippen molar-refractivity contribution in [1.82, 2.24) is 28.2 Å². The van der Waals surface area contributed by atoms with E-state index >= 15 is 0 Å². The summed E-state index contributed by atoms with van der Waals surface area (Å²) in [5.41, 5.74) is 0. The first-order chi connectivity index (χ1) is 14.4. The Morgan fingerprint density at radius 1 is 0.500 bits per heavy atom. The van der Waals surface area contributed by atoms with E-state index in [1.807, 2.05) is 0 Å². The highest BCUT2D eigenvalue weighted by Crippen LogP contribution is 2.31. The molecule has 0 spiro atoms. The largest absolute Gasteiger partial charge is 0.372 e. The summed E-state index contributed by atoms with van der Waals surface area (Å²) in [5.74, 6) is 0. The summed E-state index contributed by atoms with van der Waals surface area (Å²) in [5, 5.41) is 0. The normalized spacial score (nSPS) is 22.2. The minimum Gasteiger partial charge on any atom is -0.372 e. The lowest BCUT2D eigenvalue weighted by molar-refractivity contribution is 0.420. The molecule has 30 heavy (non-hydrogen) atoms. The molecule has 0 atom stereocenters. The smallest absolute Gasteiger partial charge is 0.361 e. The van der Waals surface area contributed by atoms with Crippen LogP contribution in [0.4, 0.5) is 0 Å².